The number of carboxylic acid groups (broad SMARTS) is 1. The number of aliphatic carboxylic acids is 1. The van der Waals surface area contributed by atoms with Gasteiger partial charge in [-0.25, -0.2) is 14.2 Å². The number of hydrogen-bond donors (Lipinski definition) is 1. The summed E-state index contributed by atoms with van der Waals surface area (Å²) in [6.45, 7) is 1.19. The van der Waals surface area contributed by atoms with Crippen molar-refractivity contribution in [2.24, 2.45) is 0 Å². The van der Waals surface area contributed by atoms with Crippen molar-refractivity contribution >= 4 is 5.97 Å². The Balaban J connectivity index is 2.36. The molecule has 0 atom stereocenters. The Morgan fingerprint density at radius 1 is 1.37 bits per heavy atom. The third kappa shape index (κ3) is 3.25. The minimum Gasteiger partial charge on any atom is -0.479 e. The molecular formula is C13H11FN2O3. The van der Waals surface area contributed by atoms with Gasteiger partial charge in [-0.2, -0.15) is 4.98 Å². The fraction of sp³-hybridized carbons (Fsp3) is 0.154. The fourth-order valence-corrected chi connectivity index (χ4v) is 1.51. The zero-order valence-electron chi connectivity index (χ0n) is 10.1. The molecule has 5 nitrogen and oxygen atoms in total. The van der Waals surface area contributed by atoms with Crippen molar-refractivity contribution in [3.05, 3.63) is 41.8 Å². The summed E-state index contributed by atoms with van der Waals surface area (Å²) in [6.07, 6.45) is 0. The summed E-state index contributed by atoms with van der Waals surface area (Å²) >= 11 is 0. The quantitative estimate of drug-likeness (QED) is 0.913. The van der Waals surface area contributed by atoms with Gasteiger partial charge in [0.05, 0.1) is 5.56 Å². The van der Waals surface area contributed by atoms with E-state index in [-0.39, 0.29) is 17.3 Å². The average Bonchev–Trinajstić information content (AvgIpc) is 2.36. The minimum absolute atomic E-state index is 0.105. The Morgan fingerprint density at radius 2 is 2.11 bits per heavy atom. The number of hydrogen-bond acceptors (Lipinski definition) is 4. The van der Waals surface area contributed by atoms with E-state index < -0.39 is 18.4 Å². The number of nitrogens with zero attached hydrogens (tertiary/aromatic N) is 2. The molecule has 0 amide bonds. The number of aryl methyl sites for hydroxylation is 1. The molecule has 0 unspecified atom stereocenters. The zero-order chi connectivity index (χ0) is 13.8. The second-order valence-electron chi connectivity index (χ2n) is 3.83. The lowest BCUT2D eigenvalue weighted by atomic mass is 10.2. The van der Waals surface area contributed by atoms with E-state index in [1.54, 1.807) is 25.1 Å². The summed E-state index contributed by atoms with van der Waals surface area (Å²) in [4.78, 5) is 18.6. The number of carboxylic acids is 1. The van der Waals surface area contributed by atoms with Crippen molar-refractivity contribution in [3.63, 3.8) is 0 Å². The maximum atomic E-state index is 13.6. The molecule has 1 aromatic heterocycles. The molecule has 0 radical (unpaired) electrons. The fourth-order valence-electron chi connectivity index (χ4n) is 1.51. The molecular weight excluding hydrogens is 251 g/mol. The first-order chi connectivity index (χ1) is 9.06. The van der Waals surface area contributed by atoms with E-state index in [1.807, 2.05) is 0 Å². The van der Waals surface area contributed by atoms with Gasteiger partial charge in [-0.15, -0.1) is 0 Å². The largest absolute Gasteiger partial charge is 0.479 e. The standard InChI is InChI=1S/C13H11FN2O3/c1-8-6-11(19-7-12(17)18)16-13(15-8)9-4-2-3-5-10(9)14/h2-6H,7H2,1H3,(H,17,18). The predicted octanol–water partition coefficient (Wildman–Crippen LogP) is 2.05. The molecule has 0 fully saturated rings. The first-order valence-electron chi connectivity index (χ1n) is 5.51. The van der Waals surface area contributed by atoms with Crippen LogP contribution in [0.5, 0.6) is 5.88 Å². The van der Waals surface area contributed by atoms with E-state index in [0.29, 0.717) is 5.69 Å². The van der Waals surface area contributed by atoms with Crippen molar-refractivity contribution in [3.8, 4) is 17.3 Å². The normalized spacial score (nSPS) is 10.2. The van der Waals surface area contributed by atoms with Gasteiger partial charge in [0, 0.05) is 11.8 Å². The molecule has 1 heterocycles. The van der Waals surface area contributed by atoms with Crippen LogP contribution in [0.3, 0.4) is 0 Å². The van der Waals surface area contributed by atoms with Crippen LogP contribution in [0.25, 0.3) is 11.4 Å². The molecule has 0 saturated heterocycles. The van der Waals surface area contributed by atoms with E-state index >= 15 is 0 Å². The number of aromatic nitrogens is 2. The molecule has 2 aromatic rings. The molecule has 0 saturated carbocycles. The van der Waals surface area contributed by atoms with Crippen LogP contribution < -0.4 is 4.74 Å². The van der Waals surface area contributed by atoms with Crippen LogP contribution in [0.2, 0.25) is 0 Å². The third-order valence-electron chi connectivity index (χ3n) is 2.29. The van der Waals surface area contributed by atoms with Gasteiger partial charge < -0.3 is 9.84 Å². The Hall–Kier alpha value is -2.50. The van der Waals surface area contributed by atoms with Gasteiger partial charge in [0.15, 0.2) is 12.4 Å². The second kappa shape index (κ2) is 5.43. The molecule has 0 spiro atoms. The summed E-state index contributed by atoms with van der Waals surface area (Å²) in [5, 5.41) is 8.55. The molecule has 2 rings (SSSR count). The number of rotatable bonds is 4. The lowest BCUT2D eigenvalue weighted by Gasteiger charge is -2.07. The van der Waals surface area contributed by atoms with Crippen LogP contribution in [0.4, 0.5) is 4.39 Å². The van der Waals surface area contributed by atoms with Gasteiger partial charge in [-0.05, 0) is 19.1 Å². The molecule has 0 aliphatic heterocycles. The van der Waals surface area contributed by atoms with Gasteiger partial charge in [0.2, 0.25) is 5.88 Å². The topological polar surface area (TPSA) is 72.3 Å². The van der Waals surface area contributed by atoms with Gasteiger partial charge in [-0.3, -0.25) is 0 Å². The van der Waals surface area contributed by atoms with E-state index in [0.717, 1.165) is 0 Å². The lowest BCUT2D eigenvalue weighted by molar-refractivity contribution is -0.139. The van der Waals surface area contributed by atoms with Crippen LogP contribution >= 0.6 is 0 Å². The highest BCUT2D eigenvalue weighted by Crippen LogP contribution is 2.21. The maximum Gasteiger partial charge on any atom is 0.341 e. The number of benzene rings is 1. The molecule has 1 aromatic carbocycles. The highest BCUT2D eigenvalue weighted by molar-refractivity contribution is 5.68. The van der Waals surface area contributed by atoms with Crippen molar-refractivity contribution in [1.82, 2.24) is 9.97 Å². The number of halogens is 1. The van der Waals surface area contributed by atoms with Crippen LogP contribution in [0, 0.1) is 12.7 Å². The van der Waals surface area contributed by atoms with E-state index in [9.17, 15) is 9.18 Å². The predicted molar refractivity (Wildman–Crippen MR) is 65.3 cm³/mol. The summed E-state index contributed by atoms with van der Waals surface area (Å²) in [6, 6.07) is 7.58. The van der Waals surface area contributed by atoms with E-state index in [2.05, 4.69) is 9.97 Å². The Morgan fingerprint density at radius 3 is 2.79 bits per heavy atom. The highest BCUT2D eigenvalue weighted by Gasteiger charge is 2.10. The van der Waals surface area contributed by atoms with E-state index in [4.69, 9.17) is 9.84 Å². The monoisotopic (exact) mass is 262 g/mol. The van der Waals surface area contributed by atoms with Crippen molar-refractivity contribution in [2.45, 2.75) is 6.92 Å². The van der Waals surface area contributed by atoms with Gasteiger partial charge in [-0.1, -0.05) is 12.1 Å². The molecule has 0 bridgehead atoms. The number of carbonyl (C=O) groups is 1. The highest BCUT2D eigenvalue weighted by atomic mass is 19.1. The smallest absolute Gasteiger partial charge is 0.341 e. The number of ether oxygens (including phenoxy) is 1. The Labute approximate surface area is 108 Å². The molecule has 98 valence electrons. The Kier molecular flexibility index (Phi) is 3.70. The molecule has 1 N–H and O–H groups in total. The van der Waals surface area contributed by atoms with E-state index in [1.165, 1.54) is 12.1 Å². The van der Waals surface area contributed by atoms with Gasteiger partial charge in [0.25, 0.3) is 0 Å². The summed E-state index contributed by atoms with van der Waals surface area (Å²) in [7, 11) is 0. The van der Waals surface area contributed by atoms with Crippen LogP contribution in [0.15, 0.2) is 30.3 Å². The van der Waals surface area contributed by atoms with Crippen molar-refractivity contribution in [2.75, 3.05) is 6.61 Å². The van der Waals surface area contributed by atoms with Crippen LogP contribution in [-0.2, 0) is 4.79 Å². The van der Waals surface area contributed by atoms with Crippen LogP contribution in [0.1, 0.15) is 5.69 Å². The minimum atomic E-state index is -1.11. The maximum absolute atomic E-state index is 13.6. The molecule has 19 heavy (non-hydrogen) atoms. The van der Waals surface area contributed by atoms with Crippen molar-refractivity contribution in [1.29, 1.82) is 0 Å². The first kappa shape index (κ1) is 12.9. The van der Waals surface area contributed by atoms with Gasteiger partial charge >= 0.3 is 5.97 Å². The van der Waals surface area contributed by atoms with Crippen molar-refractivity contribution < 1.29 is 19.0 Å². The Bertz CT molecular complexity index is 617. The summed E-state index contributed by atoms with van der Waals surface area (Å²) in [5.74, 6) is -1.28. The lowest BCUT2D eigenvalue weighted by Crippen LogP contribution is -2.11. The molecule has 0 aliphatic rings. The summed E-state index contributed by atoms with van der Waals surface area (Å²) in [5.41, 5.74) is 0.806. The first-order valence-corrected chi connectivity index (χ1v) is 5.51. The third-order valence-corrected chi connectivity index (χ3v) is 2.29. The molecule has 0 aliphatic carbocycles. The second-order valence-corrected chi connectivity index (χ2v) is 3.83. The molecule has 6 heteroatoms. The zero-order valence-corrected chi connectivity index (χ0v) is 10.1. The SMILES string of the molecule is Cc1cc(OCC(=O)O)nc(-c2ccccc2F)n1. The summed E-state index contributed by atoms with van der Waals surface area (Å²) < 4.78 is 18.6. The average molecular weight is 262 g/mol. The van der Waals surface area contributed by atoms with Crippen LogP contribution in [-0.4, -0.2) is 27.7 Å². The van der Waals surface area contributed by atoms with Gasteiger partial charge in [0.1, 0.15) is 5.82 Å².